The number of nitrogens with zero attached hydrogens (tertiary/aromatic N) is 1. The molecule has 1 aromatic carbocycles. The van der Waals surface area contributed by atoms with Crippen LogP contribution in [0.3, 0.4) is 0 Å². The summed E-state index contributed by atoms with van der Waals surface area (Å²) >= 11 is 0. The van der Waals surface area contributed by atoms with Crippen LogP contribution in [-0.4, -0.2) is 41.1 Å². The molecular weight excluding hydrogens is 322 g/mol. The molecule has 0 bridgehead atoms. The lowest BCUT2D eigenvalue weighted by Crippen LogP contribution is -2.53. The third-order valence-electron chi connectivity index (χ3n) is 3.72. The van der Waals surface area contributed by atoms with E-state index >= 15 is 0 Å². The number of hydrogen-bond acceptors (Lipinski definition) is 3. The minimum Gasteiger partial charge on any atom is -0.480 e. The Kier molecular flexibility index (Phi) is 7.91. The van der Waals surface area contributed by atoms with Gasteiger partial charge in [-0.05, 0) is 24.3 Å². The first-order valence-corrected chi connectivity index (χ1v) is 8.32. The quantitative estimate of drug-likeness (QED) is 0.656. The number of rotatable bonds is 7. The maximum atomic E-state index is 12.3. The highest BCUT2D eigenvalue weighted by Crippen LogP contribution is 2.10. The number of nitrogens with one attached hydrogen (secondary N) is 2. The minimum absolute atomic E-state index is 0.117. The molecule has 7 heteroatoms. The Labute approximate surface area is 148 Å². The second-order valence-electron chi connectivity index (χ2n) is 6.59. The number of hydrazine groups is 1. The fourth-order valence-electron chi connectivity index (χ4n) is 2.48. The number of amides is 3. The van der Waals surface area contributed by atoms with Crippen LogP contribution in [0, 0.1) is 11.8 Å². The topological polar surface area (TPSA) is 98.7 Å². The van der Waals surface area contributed by atoms with E-state index in [1.807, 2.05) is 44.2 Å². The second-order valence-corrected chi connectivity index (χ2v) is 6.59. The lowest BCUT2D eigenvalue weighted by atomic mass is 10.0. The van der Waals surface area contributed by atoms with Crippen LogP contribution in [0.15, 0.2) is 30.3 Å². The number of carboxylic acids is 1. The van der Waals surface area contributed by atoms with E-state index in [9.17, 15) is 14.4 Å². The van der Waals surface area contributed by atoms with Crippen molar-refractivity contribution >= 4 is 17.9 Å². The average molecular weight is 349 g/mol. The fourth-order valence-corrected chi connectivity index (χ4v) is 2.48. The summed E-state index contributed by atoms with van der Waals surface area (Å²) in [6.45, 7) is 5.52. The monoisotopic (exact) mass is 349 g/mol. The highest BCUT2D eigenvalue weighted by molar-refractivity contribution is 5.85. The Morgan fingerprint density at radius 2 is 1.72 bits per heavy atom. The molecule has 0 unspecified atom stereocenters. The van der Waals surface area contributed by atoms with Gasteiger partial charge in [-0.25, -0.2) is 15.0 Å². The fraction of sp³-hybridized carbons (Fsp3) is 0.500. The second kappa shape index (κ2) is 9.66. The first-order valence-electron chi connectivity index (χ1n) is 8.32. The van der Waals surface area contributed by atoms with E-state index in [1.54, 1.807) is 6.92 Å². The summed E-state index contributed by atoms with van der Waals surface area (Å²) in [5.41, 5.74) is 3.41. The Morgan fingerprint density at radius 1 is 1.12 bits per heavy atom. The number of carboxylic acid groups (broad SMARTS) is 1. The molecule has 0 aliphatic carbocycles. The molecule has 138 valence electrons. The van der Waals surface area contributed by atoms with Crippen molar-refractivity contribution in [1.29, 1.82) is 0 Å². The lowest BCUT2D eigenvalue weighted by Gasteiger charge is -2.24. The maximum absolute atomic E-state index is 12.3. The zero-order valence-corrected chi connectivity index (χ0v) is 15.2. The van der Waals surface area contributed by atoms with E-state index in [2.05, 4.69) is 10.7 Å². The summed E-state index contributed by atoms with van der Waals surface area (Å²) in [5, 5.41) is 12.6. The summed E-state index contributed by atoms with van der Waals surface area (Å²) in [6, 6.07) is 7.89. The Morgan fingerprint density at radius 3 is 2.24 bits per heavy atom. The van der Waals surface area contributed by atoms with Crippen molar-refractivity contribution in [1.82, 2.24) is 15.8 Å². The number of carbonyl (C=O) groups is 3. The van der Waals surface area contributed by atoms with Gasteiger partial charge in [-0.1, -0.05) is 51.1 Å². The average Bonchev–Trinajstić information content (AvgIpc) is 2.53. The van der Waals surface area contributed by atoms with Gasteiger partial charge in [-0.15, -0.1) is 0 Å². The van der Waals surface area contributed by atoms with E-state index in [1.165, 1.54) is 7.05 Å². The molecule has 0 saturated carbocycles. The SMILES string of the molecule is CC(C)C[C@H](NC(=O)NN(C)C(=O)[C@@H](C)Cc1ccccc1)C(=O)O. The third kappa shape index (κ3) is 7.24. The van der Waals surface area contributed by atoms with Gasteiger partial charge in [0.25, 0.3) is 0 Å². The number of aliphatic carboxylic acids is 1. The van der Waals surface area contributed by atoms with Crippen LogP contribution in [0.5, 0.6) is 0 Å². The molecule has 3 N–H and O–H groups in total. The van der Waals surface area contributed by atoms with E-state index in [-0.39, 0.29) is 17.7 Å². The van der Waals surface area contributed by atoms with Crippen molar-refractivity contribution in [3.63, 3.8) is 0 Å². The van der Waals surface area contributed by atoms with Crippen molar-refractivity contribution in [3.8, 4) is 0 Å². The van der Waals surface area contributed by atoms with Crippen LogP contribution in [0.1, 0.15) is 32.8 Å². The molecule has 0 aliphatic rings. The molecule has 0 radical (unpaired) electrons. The van der Waals surface area contributed by atoms with Gasteiger partial charge >= 0.3 is 12.0 Å². The van der Waals surface area contributed by atoms with Crippen LogP contribution in [-0.2, 0) is 16.0 Å². The molecule has 3 amide bonds. The van der Waals surface area contributed by atoms with Crippen LogP contribution in [0.4, 0.5) is 4.79 Å². The Balaban J connectivity index is 2.55. The van der Waals surface area contributed by atoms with Crippen molar-refractivity contribution in [2.45, 2.75) is 39.7 Å². The van der Waals surface area contributed by atoms with Crippen molar-refractivity contribution < 1.29 is 19.5 Å². The number of carbonyl (C=O) groups excluding carboxylic acids is 2. The highest BCUT2D eigenvalue weighted by atomic mass is 16.4. The first-order chi connectivity index (χ1) is 11.7. The normalized spacial score (nSPS) is 13.0. The van der Waals surface area contributed by atoms with Gasteiger partial charge in [-0.3, -0.25) is 9.80 Å². The van der Waals surface area contributed by atoms with Crippen LogP contribution in [0.2, 0.25) is 0 Å². The molecule has 1 aromatic rings. The van der Waals surface area contributed by atoms with Crippen LogP contribution >= 0.6 is 0 Å². The van der Waals surface area contributed by atoms with Gasteiger partial charge in [0, 0.05) is 13.0 Å². The van der Waals surface area contributed by atoms with Crippen molar-refractivity contribution in [2.75, 3.05) is 7.05 Å². The molecule has 0 aliphatic heterocycles. The predicted molar refractivity (Wildman–Crippen MR) is 94.6 cm³/mol. The molecule has 0 aromatic heterocycles. The lowest BCUT2D eigenvalue weighted by molar-refractivity contribution is -0.139. The van der Waals surface area contributed by atoms with Crippen LogP contribution < -0.4 is 10.7 Å². The minimum atomic E-state index is -1.10. The predicted octanol–water partition coefficient (Wildman–Crippen LogP) is 2.04. The van der Waals surface area contributed by atoms with Crippen molar-refractivity contribution in [3.05, 3.63) is 35.9 Å². The van der Waals surface area contributed by atoms with Gasteiger partial charge in [0.15, 0.2) is 0 Å². The first kappa shape index (κ1) is 20.5. The Hall–Kier alpha value is -2.57. The number of benzene rings is 1. The number of hydrogen-bond donors (Lipinski definition) is 3. The summed E-state index contributed by atoms with van der Waals surface area (Å²) in [7, 11) is 1.45. The zero-order chi connectivity index (χ0) is 19.0. The largest absolute Gasteiger partial charge is 0.480 e. The molecular formula is C18H27N3O4. The molecule has 2 atom stereocenters. The summed E-state index contributed by atoms with van der Waals surface area (Å²) in [4.78, 5) is 35.5. The van der Waals surface area contributed by atoms with Crippen molar-refractivity contribution in [2.24, 2.45) is 11.8 Å². The molecule has 1 rings (SSSR count). The van der Waals surface area contributed by atoms with Gasteiger partial charge in [-0.2, -0.15) is 0 Å². The van der Waals surface area contributed by atoms with Gasteiger partial charge in [0.2, 0.25) is 5.91 Å². The van der Waals surface area contributed by atoms with E-state index < -0.39 is 18.0 Å². The molecule has 7 nitrogen and oxygen atoms in total. The molecule has 0 saturated heterocycles. The van der Waals surface area contributed by atoms with Gasteiger partial charge in [0.05, 0.1) is 0 Å². The molecule has 25 heavy (non-hydrogen) atoms. The van der Waals surface area contributed by atoms with E-state index in [4.69, 9.17) is 5.11 Å². The third-order valence-corrected chi connectivity index (χ3v) is 3.72. The molecule has 0 spiro atoms. The molecule has 0 fully saturated rings. The summed E-state index contributed by atoms with van der Waals surface area (Å²) in [6.07, 6.45) is 0.864. The Bertz CT molecular complexity index is 589. The maximum Gasteiger partial charge on any atom is 0.334 e. The summed E-state index contributed by atoms with van der Waals surface area (Å²) in [5.74, 6) is -1.56. The zero-order valence-electron chi connectivity index (χ0n) is 15.2. The molecule has 0 heterocycles. The smallest absolute Gasteiger partial charge is 0.334 e. The highest BCUT2D eigenvalue weighted by Gasteiger charge is 2.23. The van der Waals surface area contributed by atoms with Crippen LogP contribution in [0.25, 0.3) is 0 Å². The number of urea groups is 1. The summed E-state index contributed by atoms with van der Waals surface area (Å²) < 4.78 is 0. The van der Waals surface area contributed by atoms with Gasteiger partial charge < -0.3 is 10.4 Å². The van der Waals surface area contributed by atoms with Gasteiger partial charge in [0.1, 0.15) is 6.04 Å². The standard InChI is InChI=1S/C18H27N3O4/c1-12(2)10-15(17(23)24)19-18(25)20-21(4)16(22)13(3)11-14-8-6-5-7-9-14/h5-9,12-13,15H,10-11H2,1-4H3,(H,23,24)(H2,19,20,25)/t13-,15-/m0/s1. The van der Waals surface area contributed by atoms with E-state index in [0.29, 0.717) is 12.8 Å². The van der Waals surface area contributed by atoms with E-state index in [0.717, 1.165) is 10.6 Å².